The van der Waals surface area contributed by atoms with E-state index in [-0.39, 0.29) is 0 Å². The number of sulfonamides is 1. The van der Waals surface area contributed by atoms with Gasteiger partial charge in [0.2, 0.25) is 15.2 Å². The predicted octanol–water partition coefficient (Wildman–Crippen LogP) is 1.04. The minimum absolute atomic E-state index is 0.360. The molecule has 0 aromatic carbocycles. The van der Waals surface area contributed by atoms with Crippen LogP contribution >= 0.6 is 11.3 Å². The standard InChI is InChI=1S/C11H16N4O2S2/c1-8-6-9(2)15(14-8)11-13-10(7-18-11)4-5-12-19(3,16)17/h6-7,12H,4-5H2,1-3H3. The monoisotopic (exact) mass is 300 g/mol. The fourth-order valence-electron chi connectivity index (χ4n) is 1.70. The van der Waals surface area contributed by atoms with Crippen LogP contribution in [0.1, 0.15) is 17.1 Å². The minimum atomic E-state index is -3.13. The minimum Gasteiger partial charge on any atom is -0.223 e. The van der Waals surface area contributed by atoms with Crippen molar-refractivity contribution in [3.63, 3.8) is 0 Å². The lowest BCUT2D eigenvalue weighted by Gasteiger charge is -2.00. The van der Waals surface area contributed by atoms with Gasteiger partial charge in [-0.1, -0.05) is 0 Å². The summed E-state index contributed by atoms with van der Waals surface area (Å²) < 4.78 is 26.2. The van der Waals surface area contributed by atoms with E-state index < -0.39 is 10.0 Å². The molecule has 0 atom stereocenters. The molecule has 6 nitrogen and oxygen atoms in total. The highest BCUT2D eigenvalue weighted by Crippen LogP contribution is 2.17. The molecular formula is C11H16N4O2S2. The van der Waals surface area contributed by atoms with Crippen molar-refractivity contribution in [2.24, 2.45) is 0 Å². The number of rotatable bonds is 5. The molecule has 0 fully saturated rings. The lowest BCUT2D eigenvalue weighted by Crippen LogP contribution is -2.24. The van der Waals surface area contributed by atoms with Crippen molar-refractivity contribution in [1.29, 1.82) is 0 Å². The lowest BCUT2D eigenvalue weighted by molar-refractivity contribution is 0.587. The van der Waals surface area contributed by atoms with Crippen LogP contribution in [0.25, 0.3) is 5.13 Å². The molecule has 0 unspecified atom stereocenters. The van der Waals surface area contributed by atoms with Gasteiger partial charge >= 0.3 is 0 Å². The third-order valence-corrected chi connectivity index (χ3v) is 4.07. The summed E-state index contributed by atoms with van der Waals surface area (Å²) in [6.07, 6.45) is 1.72. The second kappa shape index (κ2) is 5.40. The molecule has 0 saturated carbocycles. The van der Waals surface area contributed by atoms with E-state index in [2.05, 4.69) is 14.8 Å². The molecule has 2 rings (SSSR count). The van der Waals surface area contributed by atoms with Crippen molar-refractivity contribution in [3.8, 4) is 5.13 Å². The first kappa shape index (κ1) is 14.2. The van der Waals surface area contributed by atoms with E-state index >= 15 is 0 Å². The Kier molecular flexibility index (Phi) is 4.02. The van der Waals surface area contributed by atoms with Crippen LogP contribution in [0.5, 0.6) is 0 Å². The Morgan fingerprint density at radius 2 is 2.16 bits per heavy atom. The van der Waals surface area contributed by atoms with Crippen LogP contribution in [0, 0.1) is 13.8 Å². The topological polar surface area (TPSA) is 76.9 Å². The van der Waals surface area contributed by atoms with Crippen LogP contribution < -0.4 is 4.72 Å². The molecule has 1 N–H and O–H groups in total. The van der Waals surface area contributed by atoms with E-state index in [1.54, 1.807) is 4.68 Å². The molecular weight excluding hydrogens is 284 g/mol. The summed E-state index contributed by atoms with van der Waals surface area (Å²) in [4.78, 5) is 4.46. The first-order chi connectivity index (χ1) is 8.85. The Morgan fingerprint density at radius 3 is 2.74 bits per heavy atom. The zero-order valence-corrected chi connectivity index (χ0v) is 12.7. The summed E-state index contributed by atoms with van der Waals surface area (Å²) in [5.74, 6) is 0. The third-order valence-electron chi connectivity index (χ3n) is 2.48. The molecule has 0 bridgehead atoms. The van der Waals surface area contributed by atoms with Crippen molar-refractivity contribution in [2.45, 2.75) is 20.3 Å². The number of nitrogens with zero attached hydrogens (tertiary/aromatic N) is 3. The molecule has 2 aromatic heterocycles. The van der Waals surface area contributed by atoms with Gasteiger partial charge in [-0.2, -0.15) is 5.10 Å². The third kappa shape index (κ3) is 3.85. The van der Waals surface area contributed by atoms with Gasteiger partial charge in [0.05, 0.1) is 17.6 Å². The van der Waals surface area contributed by atoms with Gasteiger partial charge in [-0.3, -0.25) is 0 Å². The molecule has 0 spiro atoms. The molecule has 0 aliphatic carbocycles. The highest BCUT2D eigenvalue weighted by Gasteiger charge is 2.09. The van der Waals surface area contributed by atoms with Gasteiger partial charge in [-0.05, 0) is 19.9 Å². The molecule has 0 amide bonds. The van der Waals surface area contributed by atoms with E-state index in [1.807, 2.05) is 25.3 Å². The van der Waals surface area contributed by atoms with Crippen molar-refractivity contribution in [1.82, 2.24) is 19.5 Å². The van der Waals surface area contributed by atoms with Crippen molar-refractivity contribution in [3.05, 3.63) is 28.5 Å². The Hall–Kier alpha value is -1.25. The highest BCUT2D eigenvalue weighted by molar-refractivity contribution is 7.88. The number of hydrogen-bond donors (Lipinski definition) is 1. The molecule has 0 aliphatic rings. The molecule has 2 aromatic rings. The average Bonchev–Trinajstić information content (AvgIpc) is 2.83. The Bertz CT molecular complexity index is 673. The SMILES string of the molecule is Cc1cc(C)n(-c2nc(CCNS(C)(=O)=O)cs2)n1. The van der Waals surface area contributed by atoms with Crippen LogP contribution in [0.3, 0.4) is 0 Å². The number of nitrogens with one attached hydrogen (secondary N) is 1. The second-order valence-corrected chi connectivity index (χ2v) is 7.05. The van der Waals surface area contributed by atoms with Crippen LogP contribution in [0.4, 0.5) is 0 Å². The molecule has 19 heavy (non-hydrogen) atoms. The first-order valence-corrected chi connectivity index (χ1v) is 8.55. The number of hydrogen-bond acceptors (Lipinski definition) is 5. The van der Waals surface area contributed by atoms with Gasteiger partial charge in [0.15, 0.2) is 0 Å². The number of aromatic nitrogens is 3. The normalized spacial score (nSPS) is 11.9. The highest BCUT2D eigenvalue weighted by atomic mass is 32.2. The Morgan fingerprint density at radius 1 is 1.42 bits per heavy atom. The second-order valence-electron chi connectivity index (χ2n) is 4.38. The van der Waals surface area contributed by atoms with Gasteiger partial charge in [0, 0.05) is 24.0 Å². The fraction of sp³-hybridized carbons (Fsp3) is 0.455. The van der Waals surface area contributed by atoms with Crippen LogP contribution in [0.15, 0.2) is 11.4 Å². The van der Waals surface area contributed by atoms with Crippen molar-refractivity contribution < 1.29 is 8.42 Å². The molecule has 0 aliphatic heterocycles. The lowest BCUT2D eigenvalue weighted by atomic mass is 10.3. The van der Waals surface area contributed by atoms with Gasteiger partial charge in [-0.25, -0.2) is 22.8 Å². The molecule has 2 heterocycles. The van der Waals surface area contributed by atoms with E-state index in [0.717, 1.165) is 28.5 Å². The van der Waals surface area contributed by atoms with Crippen LogP contribution in [0.2, 0.25) is 0 Å². The number of aryl methyl sites for hydroxylation is 2. The summed E-state index contributed by atoms with van der Waals surface area (Å²) in [7, 11) is -3.13. The van der Waals surface area contributed by atoms with E-state index in [1.165, 1.54) is 11.3 Å². The summed E-state index contributed by atoms with van der Waals surface area (Å²) in [5, 5.41) is 7.10. The predicted molar refractivity (Wildman–Crippen MR) is 75.3 cm³/mol. The first-order valence-electron chi connectivity index (χ1n) is 5.78. The molecule has 0 radical (unpaired) electrons. The maximum absolute atomic E-state index is 11.0. The van der Waals surface area contributed by atoms with E-state index in [4.69, 9.17) is 0 Å². The zero-order chi connectivity index (χ0) is 14.0. The zero-order valence-electron chi connectivity index (χ0n) is 11.0. The summed E-state index contributed by atoms with van der Waals surface area (Å²) in [6, 6.07) is 1.99. The molecule has 8 heteroatoms. The fourth-order valence-corrected chi connectivity index (χ4v) is 3.03. The van der Waals surface area contributed by atoms with Gasteiger partial charge in [0.1, 0.15) is 0 Å². The maximum Gasteiger partial charge on any atom is 0.210 e. The van der Waals surface area contributed by atoms with Crippen molar-refractivity contribution >= 4 is 21.4 Å². The van der Waals surface area contributed by atoms with E-state index in [0.29, 0.717) is 13.0 Å². The molecule has 104 valence electrons. The van der Waals surface area contributed by atoms with Gasteiger partial charge in [-0.15, -0.1) is 11.3 Å². The van der Waals surface area contributed by atoms with Crippen LogP contribution in [-0.4, -0.2) is 36.0 Å². The smallest absolute Gasteiger partial charge is 0.210 e. The maximum atomic E-state index is 11.0. The van der Waals surface area contributed by atoms with Gasteiger partial charge < -0.3 is 0 Å². The number of thiazole rings is 1. The average molecular weight is 300 g/mol. The summed E-state index contributed by atoms with van der Waals surface area (Å²) in [6.45, 7) is 4.28. The quantitative estimate of drug-likeness (QED) is 0.895. The van der Waals surface area contributed by atoms with E-state index in [9.17, 15) is 8.42 Å². The molecule has 0 saturated heterocycles. The Labute approximate surface area is 116 Å². The largest absolute Gasteiger partial charge is 0.223 e. The van der Waals surface area contributed by atoms with Gasteiger partial charge in [0.25, 0.3) is 0 Å². The summed E-state index contributed by atoms with van der Waals surface area (Å²) >= 11 is 1.50. The van der Waals surface area contributed by atoms with Crippen molar-refractivity contribution in [2.75, 3.05) is 12.8 Å². The van der Waals surface area contributed by atoms with Crippen LogP contribution in [-0.2, 0) is 16.4 Å². The summed E-state index contributed by atoms with van der Waals surface area (Å²) in [5.41, 5.74) is 2.85. The Balaban J connectivity index is 2.05.